The second-order valence-electron chi connectivity index (χ2n) is 3.71. The Morgan fingerprint density at radius 1 is 1.06 bits per heavy atom. The molecular formula is C14H16N2O. The summed E-state index contributed by atoms with van der Waals surface area (Å²) in [6.07, 6.45) is 0. The van der Waals surface area contributed by atoms with E-state index in [9.17, 15) is 0 Å². The number of hydrogen-bond acceptors (Lipinski definition) is 3. The van der Waals surface area contributed by atoms with Crippen LogP contribution < -0.4 is 15.8 Å². The molecule has 0 unspecified atom stereocenters. The van der Waals surface area contributed by atoms with Crippen LogP contribution >= 0.6 is 0 Å². The molecule has 0 fully saturated rings. The van der Waals surface area contributed by atoms with Gasteiger partial charge in [0, 0.05) is 29.2 Å². The Balaban J connectivity index is 2.21. The maximum absolute atomic E-state index is 5.82. The fourth-order valence-electron chi connectivity index (χ4n) is 1.63. The van der Waals surface area contributed by atoms with E-state index >= 15 is 0 Å². The quantitative estimate of drug-likeness (QED) is 0.788. The van der Waals surface area contributed by atoms with Gasteiger partial charge in [0.1, 0.15) is 5.75 Å². The van der Waals surface area contributed by atoms with Crippen molar-refractivity contribution in [3.8, 4) is 5.75 Å². The van der Waals surface area contributed by atoms with Crippen molar-refractivity contribution >= 4 is 17.1 Å². The summed E-state index contributed by atoms with van der Waals surface area (Å²) in [4.78, 5) is 0. The second kappa shape index (κ2) is 5.25. The normalized spacial score (nSPS) is 9.94. The Kier molecular flexibility index (Phi) is 3.50. The van der Waals surface area contributed by atoms with Gasteiger partial charge in [-0.15, -0.1) is 0 Å². The number of benzene rings is 2. The van der Waals surface area contributed by atoms with Crippen LogP contribution in [0.1, 0.15) is 6.92 Å². The third-order valence-corrected chi connectivity index (χ3v) is 2.30. The Bertz CT molecular complexity index is 483. The molecule has 0 saturated heterocycles. The second-order valence-corrected chi connectivity index (χ2v) is 3.71. The molecule has 2 aromatic carbocycles. The number of ether oxygens (including phenoxy) is 1. The van der Waals surface area contributed by atoms with Crippen LogP contribution in [0.4, 0.5) is 17.1 Å². The van der Waals surface area contributed by atoms with Gasteiger partial charge in [-0.1, -0.05) is 18.2 Å². The van der Waals surface area contributed by atoms with Gasteiger partial charge >= 0.3 is 0 Å². The van der Waals surface area contributed by atoms with Crippen LogP contribution in [-0.2, 0) is 0 Å². The maximum atomic E-state index is 5.82. The van der Waals surface area contributed by atoms with Crippen LogP contribution in [0, 0.1) is 0 Å². The van der Waals surface area contributed by atoms with Crippen molar-refractivity contribution in [2.45, 2.75) is 6.92 Å². The molecule has 0 aliphatic heterocycles. The number of para-hydroxylation sites is 1. The molecule has 0 aliphatic carbocycles. The number of nitrogens with one attached hydrogen (secondary N) is 1. The molecular weight excluding hydrogens is 212 g/mol. The Morgan fingerprint density at radius 2 is 1.82 bits per heavy atom. The van der Waals surface area contributed by atoms with Crippen LogP contribution in [-0.4, -0.2) is 6.61 Å². The van der Waals surface area contributed by atoms with Gasteiger partial charge < -0.3 is 15.8 Å². The molecule has 0 aliphatic rings. The van der Waals surface area contributed by atoms with Crippen molar-refractivity contribution in [3.63, 3.8) is 0 Å². The Hall–Kier alpha value is -2.16. The van der Waals surface area contributed by atoms with Crippen LogP contribution in [0.2, 0.25) is 0 Å². The van der Waals surface area contributed by atoms with Gasteiger partial charge in [0.2, 0.25) is 0 Å². The SMILES string of the molecule is CCOc1cc(N)cc(Nc2ccccc2)c1. The fourth-order valence-corrected chi connectivity index (χ4v) is 1.63. The van der Waals surface area contributed by atoms with Gasteiger partial charge in [-0.05, 0) is 25.1 Å². The predicted molar refractivity (Wildman–Crippen MR) is 71.7 cm³/mol. The molecule has 0 heterocycles. The molecule has 17 heavy (non-hydrogen) atoms. The predicted octanol–water partition coefficient (Wildman–Crippen LogP) is 3.41. The van der Waals surface area contributed by atoms with Crippen molar-refractivity contribution < 1.29 is 4.74 Å². The van der Waals surface area contributed by atoms with E-state index in [1.54, 1.807) is 0 Å². The molecule has 0 atom stereocenters. The maximum Gasteiger partial charge on any atom is 0.123 e. The molecule has 0 saturated carbocycles. The summed E-state index contributed by atoms with van der Waals surface area (Å²) in [5.41, 5.74) is 8.47. The van der Waals surface area contributed by atoms with Crippen molar-refractivity contribution in [1.82, 2.24) is 0 Å². The van der Waals surface area contributed by atoms with E-state index in [4.69, 9.17) is 10.5 Å². The van der Waals surface area contributed by atoms with Gasteiger partial charge in [0.15, 0.2) is 0 Å². The number of nitrogen functional groups attached to an aromatic ring is 1. The minimum absolute atomic E-state index is 0.633. The summed E-state index contributed by atoms with van der Waals surface area (Å²) < 4.78 is 5.45. The van der Waals surface area contributed by atoms with E-state index in [-0.39, 0.29) is 0 Å². The smallest absolute Gasteiger partial charge is 0.123 e. The highest BCUT2D eigenvalue weighted by Crippen LogP contribution is 2.25. The monoisotopic (exact) mass is 228 g/mol. The minimum Gasteiger partial charge on any atom is -0.494 e. The summed E-state index contributed by atoms with van der Waals surface area (Å²) in [5.74, 6) is 0.783. The summed E-state index contributed by atoms with van der Waals surface area (Å²) in [6, 6.07) is 15.6. The molecule has 3 N–H and O–H groups in total. The third kappa shape index (κ3) is 3.14. The zero-order valence-electron chi connectivity index (χ0n) is 9.81. The molecule has 3 heteroatoms. The van der Waals surface area contributed by atoms with E-state index in [1.807, 2.05) is 55.5 Å². The standard InChI is InChI=1S/C14H16N2O/c1-2-17-14-9-11(15)8-13(10-14)16-12-6-4-3-5-7-12/h3-10,16H,2,15H2,1H3. The Morgan fingerprint density at radius 3 is 2.53 bits per heavy atom. The van der Waals surface area contributed by atoms with E-state index in [2.05, 4.69) is 5.32 Å². The van der Waals surface area contributed by atoms with Gasteiger partial charge in [-0.3, -0.25) is 0 Å². The number of hydrogen-bond donors (Lipinski definition) is 2. The van der Waals surface area contributed by atoms with Crippen molar-refractivity contribution in [3.05, 3.63) is 48.5 Å². The lowest BCUT2D eigenvalue weighted by molar-refractivity contribution is 0.340. The van der Waals surface area contributed by atoms with Gasteiger partial charge in [0.25, 0.3) is 0 Å². The highest BCUT2D eigenvalue weighted by atomic mass is 16.5. The topological polar surface area (TPSA) is 47.3 Å². The molecule has 3 nitrogen and oxygen atoms in total. The number of anilines is 3. The zero-order chi connectivity index (χ0) is 12.1. The van der Waals surface area contributed by atoms with Crippen LogP contribution in [0.5, 0.6) is 5.75 Å². The molecule has 0 amide bonds. The summed E-state index contributed by atoms with van der Waals surface area (Å²) in [7, 11) is 0. The third-order valence-electron chi connectivity index (χ3n) is 2.30. The van der Waals surface area contributed by atoms with Gasteiger partial charge in [-0.2, -0.15) is 0 Å². The lowest BCUT2D eigenvalue weighted by Crippen LogP contribution is -1.96. The molecule has 88 valence electrons. The molecule has 0 aromatic heterocycles. The van der Waals surface area contributed by atoms with Crippen molar-refractivity contribution in [2.24, 2.45) is 0 Å². The molecule has 2 aromatic rings. The average Bonchev–Trinajstić information content (AvgIpc) is 2.30. The van der Waals surface area contributed by atoms with Crippen molar-refractivity contribution in [2.75, 3.05) is 17.7 Å². The largest absolute Gasteiger partial charge is 0.494 e. The molecule has 0 bridgehead atoms. The van der Waals surface area contributed by atoms with Crippen LogP contribution in [0.25, 0.3) is 0 Å². The van der Waals surface area contributed by atoms with E-state index in [0.717, 1.165) is 17.1 Å². The molecule has 2 rings (SSSR count). The fraction of sp³-hybridized carbons (Fsp3) is 0.143. The summed E-state index contributed by atoms with van der Waals surface area (Å²) in [6.45, 7) is 2.59. The van der Waals surface area contributed by atoms with Crippen LogP contribution in [0.3, 0.4) is 0 Å². The highest BCUT2D eigenvalue weighted by molar-refractivity contribution is 5.66. The van der Waals surface area contributed by atoms with Gasteiger partial charge in [0.05, 0.1) is 6.61 Å². The lowest BCUT2D eigenvalue weighted by Gasteiger charge is -2.10. The molecule has 0 radical (unpaired) electrons. The van der Waals surface area contributed by atoms with E-state index < -0.39 is 0 Å². The lowest BCUT2D eigenvalue weighted by atomic mass is 10.2. The number of rotatable bonds is 4. The first-order chi connectivity index (χ1) is 8.28. The molecule has 0 spiro atoms. The summed E-state index contributed by atoms with van der Waals surface area (Å²) >= 11 is 0. The first-order valence-electron chi connectivity index (χ1n) is 5.63. The van der Waals surface area contributed by atoms with E-state index in [0.29, 0.717) is 12.3 Å². The number of nitrogens with two attached hydrogens (primary N) is 1. The average molecular weight is 228 g/mol. The van der Waals surface area contributed by atoms with E-state index in [1.165, 1.54) is 0 Å². The van der Waals surface area contributed by atoms with Crippen LogP contribution in [0.15, 0.2) is 48.5 Å². The summed E-state index contributed by atoms with van der Waals surface area (Å²) in [5, 5.41) is 3.28. The van der Waals surface area contributed by atoms with Crippen molar-refractivity contribution in [1.29, 1.82) is 0 Å². The zero-order valence-corrected chi connectivity index (χ0v) is 9.81. The minimum atomic E-state index is 0.633. The first-order valence-corrected chi connectivity index (χ1v) is 5.63. The van der Waals surface area contributed by atoms with Gasteiger partial charge in [-0.25, -0.2) is 0 Å². The Labute approximate surface area is 101 Å². The highest BCUT2D eigenvalue weighted by Gasteiger charge is 2.00. The first kappa shape index (κ1) is 11.3.